The SMILES string of the molecule is CCOC(=O)c1sc(NC(=O)COC(=O)c2nc(-n3nc(C)cc3C)ccc2Cl)cc1C. The van der Waals surface area contributed by atoms with Gasteiger partial charge in [0.2, 0.25) is 0 Å². The van der Waals surface area contributed by atoms with Crippen molar-refractivity contribution in [3.63, 3.8) is 0 Å². The molecule has 0 saturated heterocycles. The lowest BCUT2D eigenvalue weighted by molar-refractivity contribution is -0.119. The molecule has 1 N–H and O–H groups in total. The highest BCUT2D eigenvalue weighted by atomic mass is 35.5. The quantitative estimate of drug-likeness (QED) is 0.515. The fourth-order valence-corrected chi connectivity index (χ4v) is 4.03. The van der Waals surface area contributed by atoms with Gasteiger partial charge < -0.3 is 14.8 Å². The maximum atomic E-state index is 12.5. The number of thiophene rings is 1. The summed E-state index contributed by atoms with van der Waals surface area (Å²) >= 11 is 7.19. The predicted molar refractivity (Wildman–Crippen MR) is 120 cm³/mol. The molecule has 9 nitrogen and oxygen atoms in total. The summed E-state index contributed by atoms with van der Waals surface area (Å²) in [5, 5.41) is 7.45. The Morgan fingerprint density at radius 1 is 1.12 bits per heavy atom. The number of carbonyl (C=O) groups excluding carboxylic acids is 3. The number of halogens is 1. The van der Waals surface area contributed by atoms with Gasteiger partial charge in [0.05, 0.1) is 22.3 Å². The minimum Gasteiger partial charge on any atom is -0.462 e. The first-order valence-electron chi connectivity index (χ1n) is 9.64. The van der Waals surface area contributed by atoms with Gasteiger partial charge in [-0.2, -0.15) is 5.10 Å². The molecule has 0 aliphatic heterocycles. The van der Waals surface area contributed by atoms with Gasteiger partial charge in [-0.05, 0) is 57.5 Å². The second kappa shape index (κ2) is 9.92. The number of rotatable bonds is 7. The van der Waals surface area contributed by atoms with Gasteiger partial charge in [0.25, 0.3) is 5.91 Å². The van der Waals surface area contributed by atoms with Gasteiger partial charge in [-0.1, -0.05) is 11.6 Å². The minimum atomic E-state index is -0.844. The van der Waals surface area contributed by atoms with Crippen LogP contribution in [0.4, 0.5) is 5.00 Å². The first-order chi connectivity index (χ1) is 15.2. The lowest BCUT2D eigenvalue weighted by atomic mass is 10.3. The Kier molecular flexibility index (Phi) is 7.26. The summed E-state index contributed by atoms with van der Waals surface area (Å²) in [7, 11) is 0. The second-order valence-corrected chi connectivity index (χ2v) is 8.27. The number of aryl methyl sites for hydroxylation is 3. The van der Waals surface area contributed by atoms with E-state index in [2.05, 4.69) is 15.4 Å². The molecule has 0 aliphatic rings. The molecule has 1 amide bonds. The van der Waals surface area contributed by atoms with Crippen molar-refractivity contribution in [2.24, 2.45) is 0 Å². The van der Waals surface area contributed by atoms with Crippen molar-refractivity contribution in [3.8, 4) is 5.82 Å². The van der Waals surface area contributed by atoms with Crippen LogP contribution < -0.4 is 5.32 Å². The van der Waals surface area contributed by atoms with Crippen LogP contribution in [0.2, 0.25) is 5.02 Å². The van der Waals surface area contributed by atoms with Crippen molar-refractivity contribution in [2.45, 2.75) is 27.7 Å². The first kappa shape index (κ1) is 23.4. The molecule has 0 radical (unpaired) electrons. The molecule has 11 heteroatoms. The number of carbonyl (C=O) groups is 3. The number of nitrogens with zero attached hydrogens (tertiary/aromatic N) is 3. The maximum Gasteiger partial charge on any atom is 0.359 e. The van der Waals surface area contributed by atoms with Crippen LogP contribution in [0.5, 0.6) is 0 Å². The number of hydrogen-bond donors (Lipinski definition) is 1. The van der Waals surface area contributed by atoms with Crippen LogP contribution in [0, 0.1) is 20.8 Å². The Labute approximate surface area is 193 Å². The molecule has 0 fully saturated rings. The summed E-state index contributed by atoms with van der Waals surface area (Å²) in [5.41, 5.74) is 2.19. The average Bonchev–Trinajstić information content (AvgIpc) is 3.27. The fourth-order valence-electron chi connectivity index (χ4n) is 2.87. The molecule has 0 atom stereocenters. The third-order valence-electron chi connectivity index (χ3n) is 4.23. The van der Waals surface area contributed by atoms with Crippen molar-refractivity contribution in [3.05, 3.63) is 56.8 Å². The van der Waals surface area contributed by atoms with Crippen LogP contribution in [0.15, 0.2) is 24.3 Å². The van der Waals surface area contributed by atoms with E-state index in [1.165, 1.54) is 6.07 Å². The van der Waals surface area contributed by atoms with Crippen LogP contribution >= 0.6 is 22.9 Å². The van der Waals surface area contributed by atoms with Gasteiger partial charge in [0, 0.05) is 5.69 Å². The van der Waals surface area contributed by atoms with E-state index in [-0.39, 0.29) is 17.3 Å². The number of anilines is 1. The number of aromatic nitrogens is 3. The molecule has 0 spiro atoms. The van der Waals surface area contributed by atoms with E-state index in [0.717, 1.165) is 22.7 Å². The molecule has 3 rings (SSSR count). The first-order valence-corrected chi connectivity index (χ1v) is 10.8. The second-order valence-electron chi connectivity index (χ2n) is 6.81. The summed E-state index contributed by atoms with van der Waals surface area (Å²) < 4.78 is 11.6. The average molecular weight is 477 g/mol. The van der Waals surface area contributed by atoms with Crippen LogP contribution in [-0.4, -0.2) is 45.8 Å². The van der Waals surface area contributed by atoms with Gasteiger partial charge in [-0.15, -0.1) is 11.3 Å². The van der Waals surface area contributed by atoms with E-state index in [9.17, 15) is 14.4 Å². The monoisotopic (exact) mass is 476 g/mol. The van der Waals surface area contributed by atoms with Crippen molar-refractivity contribution in [1.29, 1.82) is 0 Å². The third-order valence-corrected chi connectivity index (χ3v) is 5.66. The van der Waals surface area contributed by atoms with Gasteiger partial charge >= 0.3 is 11.9 Å². The number of esters is 2. The van der Waals surface area contributed by atoms with E-state index in [1.807, 2.05) is 19.9 Å². The minimum absolute atomic E-state index is 0.0913. The van der Waals surface area contributed by atoms with Crippen LogP contribution in [-0.2, 0) is 14.3 Å². The van der Waals surface area contributed by atoms with Crippen LogP contribution in [0.1, 0.15) is 44.0 Å². The smallest absolute Gasteiger partial charge is 0.359 e. The lowest BCUT2D eigenvalue weighted by Gasteiger charge is -2.08. The summed E-state index contributed by atoms with van der Waals surface area (Å²) in [6.45, 7) is 6.86. The Hall–Kier alpha value is -3.24. The third kappa shape index (κ3) is 5.32. The Bertz CT molecular complexity index is 1190. The molecule has 32 heavy (non-hydrogen) atoms. The summed E-state index contributed by atoms with van der Waals surface area (Å²) in [4.78, 5) is 41.2. The molecule has 3 aromatic rings. The van der Waals surface area contributed by atoms with E-state index in [0.29, 0.717) is 21.3 Å². The zero-order valence-electron chi connectivity index (χ0n) is 17.9. The van der Waals surface area contributed by atoms with Gasteiger partial charge in [0.1, 0.15) is 4.88 Å². The Morgan fingerprint density at radius 3 is 2.53 bits per heavy atom. The highest BCUT2D eigenvalue weighted by molar-refractivity contribution is 7.18. The normalized spacial score (nSPS) is 10.7. The number of hydrogen-bond acceptors (Lipinski definition) is 8. The summed E-state index contributed by atoms with van der Waals surface area (Å²) in [6.07, 6.45) is 0. The molecular weight excluding hydrogens is 456 g/mol. The summed E-state index contributed by atoms with van der Waals surface area (Å²) in [5.74, 6) is -1.47. The molecule has 0 aromatic carbocycles. The number of amides is 1. The predicted octanol–water partition coefficient (Wildman–Crippen LogP) is 3.88. The molecular formula is C21H21ClN4O5S. The molecule has 0 bridgehead atoms. The van der Waals surface area contributed by atoms with Crippen molar-refractivity contribution in [2.75, 3.05) is 18.5 Å². The maximum absolute atomic E-state index is 12.5. The molecule has 0 aliphatic carbocycles. The zero-order chi connectivity index (χ0) is 23.4. The van der Waals surface area contributed by atoms with E-state index < -0.39 is 24.5 Å². The largest absolute Gasteiger partial charge is 0.462 e. The van der Waals surface area contributed by atoms with Gasteiger partial charge in [-0.3, -0.25) is 4.79 Å². The standard InChI is InChI=1S/C21H21ClN4O5S/c1-5-30-21(29)19-11(2)8-17(32-19)24-16(27)10-31-20(28)18-14(22)6-7-15(23-18)26-13(4)9-12(3)25-26/h6-9H,5,10H2,1-4H3,(H,24,27). The molecule has 3 aromatic heterocycles. The van der Waals surface area contributed by atoms with Crippen LogP contribution in [0.3, 0.4) is 0 Å². The molecule has 168 valence electrons. The van der Waals surface area contributed by atoms with Crippen molar-refractivity contribution in [1.82, 2.24) is 14.8 Å². The molecule has 0 unspecified atom stereocenters. The van der Waals surface area contributed by atoms with Crippen LogP contribution in [0.25, 0.3) is 5.82 Å². The highest BCUT2D eigenvalue weighted by Crippen LogP contribution is 2.27. The summed E-state index contributed by atoms with van der Waals surface area (Å²) in [6, 6.07) is 6.67. The lowest BCUT2D eigenvalue weighted by Crippen LogP contribution is -2.21. The molecule has 3 heterocycles. The Balaban J connectivity index is 1.65. The van der Waals surface area contributed by atoms with Crippen molar-refractivity contribution >= 4 is 45.8 Å². The zero-order valence-corrected chi connectivity index (χ0v) is 19.5. The number of nitrogens with one attached hydrogen (secondary N) is 1. The number of pyridine rings is 1. The van der Waals surface area contributed by atoms with E-state index in [1.54, 1.807) is 30.7 Å². The van der Waals surface area contributed by atoms with Crippen molar-refractivity contribution < 1.29 is 23.9 Å². The topological polar surface area (TPSA) is 112 Å². The fraction of sp³-hybridized carbons (Fsp3) is 0.286. The Morgan fingerprint density at radius 2 is 1.88 bits per heavy atom. The number of ether oxygens (including phenoxy) is 2. The van der Waals surface area contributed by atoms with E-state index in [4.69, 9.17) is 21.1 Å². The van der Waals surface area contributed by atoms with E-state index >= 15 is 0 Å². The van der Waals surface area contributed by atoms with Gasteiger partial charge in [0.15, 0.2) is 18.1 Å². The molecule has 0 saturated carbocycles. The highest BCUT2D eigenvalue weighted by Gasteiger charge is 2.19. The van der Waals surface area contributed by atoms with Gasteiger partial charge in [-0.25, -0.2) is 19.3 Å².